The number of para-hydroxylation sites is 1. The summed E-state index contributed by atoms with van der Waals surface area (Å²) in [5, 5.41) is 43.1. The van der Waals surface area contributed by atoms with Crippen LogP contribution in [0.3, 0.4) is 0 Å². The fourth-order valence-electron chi connectivity index (χ4n) is 10.3. The van der Waals surface area contributed by atoms with Gasteiger partial charge in [0, 0.05) is 29.5 Å². The number of hydrogen-bond donors (Lipinski definition) is 5. The minimum absolute atomic E-state index is 0.0336. The lowest BCUT2D eigenvalue weighted by molar-refractivity contribution is -0.237. The van der Waals surface area contributed by atoms with Gasteiger partial charge in [0.15, 0.2) is 0 Å². The Hall–Kier alpha value is -3.57. The van der Waals surface area contributed by atoms with Gasteiger partial charge < -0.3 is 25.4 Å². The molecule has 0 saturated heterocycles. The van der Waals surface area contributed by atoms with Gasteiger partial charge in [-0.2, -0.15) is 5.10 Å². The maximum Gasteiger partial charge on any atom is 0.331 e. The highest BCUT2D eigenvalue weighted by atomic mass is 35.5. The third-order valence-corrected chi connectivity index (χ3v) is 13.0. The molecule has 0 aromatic heterocycles. The molecular weight excluding hydrogens is 634 g/mol. The van der Waals surface area contributed by atoms with Gasteiger partial charge in [0.25, 0.3) is 11.8 Å². The van der Waals surface area contributed by atoms with Crippen molar-refractivity contribution < 1.29 is 34.4 Å². The van der Waals surface area contributed by atoms with Crippen LogP contribution in [0.2, 0.25) is 5.02 Å². The van der Waals surface area contributed by atoms with E-state index >= 15 is 0 Å². The minimum Gasteiger partial charge on any atom is -0.458 e. The molecule has 11 heteroatoms. The number of aliphatic hydroxyl groups excluding tert-OH is 1. The number of anilines is 1. The van der Waals surface area contributed by atoms with Gasteiger partial charge in [-0.3, -0.25) is 9.59 Å². The molecule has 0 radical (unpaired) electrons. The number of hydrogen-bond acceptors (Lipinski definition) is 8. The van der Waals surface area contributed by atoms with Crippen molar-refractivity contribution in [3.8, 4) is 0 Å². The first-order valence-corrected chi connectivity index (χ1v) is 17.3. The Bertz CT molecular complexity index is 1710. The van der Waals surface area contributed by atoms with Gasteiger partial charge in [-0.1, -0.05) is 42.8 Å². The average Bonchev–Trinajstić information content (AvgIpc) is 3.60. The maximum atomic E-state index is 13.5. The molecule has 4 fully saturated rings. The normalized spacial score (nSPS) is 37.2. The summed E-state index contributed by atoms with van der Waals surface area (Å²) in [4.78, 5) is 38.4. The molecule has 7 rings (SSSR count). The van der Waals surface area contributed by atoms with Gasteiger partial charge in [0.2, 0.25) is 0 Å². The lowest BCUT2D eigenvalue weighted by atomic mass is 9.41. The maximum absolute atomic E-state index is 13.5. The molecular formula is C37H42ClN3O7. The fraction of sp³-hybridized carbons (Fsp3) is 0.514. The van der Waals surface area contributed by atoms with Crippen LogP contribution in [0.5, 0.6) is 0 Å². The Kier molecular flexibility index (Phi) is 8.30. The van der Waals surface area contributed by atoms with Crippen LogP contribution in [-0.4, -0.2) is 63.2 Å². The quantitative estimate of drug-likeness (QED) is 0.163. The van der Waals surface area contributed by atoms with Crippen LogP contribution < -0.4 is 10.7 Å². The van der Waals surface area contributed by atoms with Gasteiger partial charge in [-0.05, 0) is 99.0 Å². The third-order valence-electron chi connectivity index (χ3n) is 12.6. The van der Waals surface area contributed by atoms with E-state index in [1.165, 1.54) is 0 Å². The predicted molar refractivity (Wildman–Crippen MR) is 179 cm³/mol. The van der Waals surface area contributed by atoms with Crippen molar-refractivity contribution in [3.05, 3.63) is 76.3 Å². The van der Waals surface area contributed by atoms with Gasteiger partial charge in [-0.25, -0.2) is 10.2 Å². The van der Waals surface area contributed by atoms with Crippen molar-refractivity contribution in [2.75, 3.05) is 11.9 Å². The molecule has 2 aromatic rings. The fourth-order valence-corrected chi connectivity index (χ4v) is 10.5. The SMILES string of the molecule is C[C@]12CC[C@H]3[C@@H](CC[C@]4(O)C[C@H](O)CC[C@]34/C=N/NC(=O)c3ccccc3NC(=O)c3ccccc3Cl)[C@@]1(O)CC[C@H]2C1=CC(=O)OC1. The van der Waals surface area contributed by atoms with Crippen molar-refractivity contribution in [2.24, 2.45) is 33.7 Å². The molecule has 0 spiro atoms. The molecule has 1 aliphatic heterocycles. The topological polar surface area (TPSA) is 158 Å². The molecule has 4 saturated carbocycles. The van der Waals surface area contributed by atoms with E-state index < -0.39 is 40.0 Å². The van der Waals surface area contributed by atoms with Gasteiger partial charge in [-0.15, -0.1) is 0 Å². The van der Waals surface area contributed by atoms with E-state index in [2.05, 4.69) is 22.8 Å². The van der Waals surface area contributed by atoms with E-state index in [0.717, 1.165) is 18.4 Å². The number of hydrazone groups is 1. The molecule has 0 unspecified atom stereocenters. The number of carbonyl (C=O) groups excluding carboxylic acids is 3. The Morgan fingerprint density at radius 3 is 2.42 bits per heavy atom. The molecule has 1 heterocycles. The first-order valence-electron chi connectivity index (χ1n) is 16.9. The molecule has 8 atom stereocenters. The van der Waals surface area contributed by atoms with Gasteiger partial charge >= 0.3 is 5.97 Å². The highest BCUT2D eigenvalue weighted by Crippen LogP contribution is 2.70. The predicted octanol–water partition coefficient (Wildman–Crippen LogP) is 5.02. The van der Waals surface area contributed by atoms with Gasteiger partial charge in [0.05, 0.1) is 39.1 Å². The van der Waals surface area contributed by atoms with Crippen LogP contribution in [0.1, 0.15) is 85.4 Å². The van der Waals surface area contributed by atoms with Crippen LogP contribution >= 0.6 is 11.6 Å². The van der Waals surface area contributed by atoms with Crippen molar-refractivity contribution in [2.45, 2.75) is 82.0 Å². The van der Waals surface area contributed by atoms with E-state index in [0.29, 0.717) is 38.5 Å². The monoisotopic (exact) mass is 675 g/mol. The lowest BCUT2D eigenvalue weighted by Gasteiger charge is -2.65. The van der Waals surface area contributed by atoms with Crippen LogP contribution in [0.4, 0.5) is 5.69 Å². The zero-order valence-corrected chi connectivity index (χ0v) is 27.7. The molecule has 0 bridgehead atoms. The summed E-state index contributed by atoms with van der Waals surface area (Å²) in [7, 11) is 0. The van der Waals surface area contributed by atoms with Crippen molar-refractivity contribution in [1.29, 1.82) is 0 Å². The Morgan fingerprint density at radius 2 is 1.67 bits per heavy atom. The molecule has 4 aliphatic carbocycles. The average molecular weight is 676 g/mol. The number of amides is 2. The summed E-state index contributed by atoms with van der Waals surface area (Å²) in [5.41, 5.74) is 0.724. The number of cyclic esters (lactones) is 1. The van der Waals surface area contributed by atoms with Gasteiger partial charge in [0.1, 0.15) is 6.61 Å². The molecule has 2 aromatic carbocycles. The van der Waals surface area contributed by atoms with Crippen molar-refractivity contribution >= 4 is 41.3 Å². The lowest BCUT2D eigenvalue weighted by Crippen LogP contribution is -2.68. The minimum atomic E-state index is -1.27. The molecule has 5 aliphatic rings. The Balaban J connectivity index is 1.15. The summed E-state index contributed by atoms with van der Waals surface area (Å²) in [5.74, 6) is -1.57. The number of nitrogens with zero attached hydrogens (tertiary/aromatic N) is 1. The Labute approximate surface area is 284 Å². The number of aliphatic hydroxyl groups is 3. The number of nitrogens with one attached hydrogen (secondary N) is 2. The van der Waals surface area contributed by atoms with E-state index in [1.54, 1.807) is 60.8 Å². The summed E-state index contributed by atoms with van der Waals surface area (Å²) < 4.78 is 5.25. The standard InChI is InChI=1S/C37H42ClN3O7/c1-34-14-11-27-28(37(34,47)17-13-26(34)22-18-31(43)48-20-22)12-16-36(46)19-23(42)10-15-35(27,36)21-39-41-33(45)25-7-3-5-9-30(25)40-32(44)24-6-2-4-8-29(24)38/h2-9,18,21,23,26-28,42,46-47H,10-17,19-20H2,1H3,(H,40,44)(H,41,45)/b39-21+/t23-,26+,27+,28-,34-,35+,36+,37+/m1/s1. The summed E-state index contributed by atoms with van der Waals surface area (Å²) in [6, 6.07) is 13.2. The van der Waals surface area contributed by atoms with E-state index in [-0.39, 0.29) is 58.6 Å². The Morgan fingerprint density at radius 1 is 0.938 bits per heavy atom. The molecule has 2 amide bonds. The first kappa shape index (κ1) is 33.0. The van der Waals surface area contributed by atoms with Crippen LogP contribution in [0.25, 0.3) is 0 Å². The summed E-state index contributed by atoms with van der Waals surface area (Å²) in [6.07, 6.45) is 7.46. The largest absolute Gasteiger partial charge is 0.458 e. The smallest absolute Gasteiger partial charge is 0.331 e. The number of fused-ring (bicyclic) bond motifs is 5. The highest BCUT2D eigenvalue weighted by molar-refractivity contribution is 6.34. The van der Waals surface area contributed by atoms with Crippen LogP contribution in [0, 0.1) is 28.6 Å². The second-order valence-electron chi connectivity index (χ2n) is 14.7. The molecule has 10 nitrogen and oxygen atoms in total. The second kappa shape index (κ2) is 12.1. The van der Waals surface area contributed by atoms with Crippen LogP contribution in [0.15, 0.2) is 65.3 Å². The van der Waals surface area contributed by atoms with Crippen molar-refractivity contribution in [1.82, 2.24) is 5.43 Å². The molecule has 254 valence electrons. The number of rotatable bonds is 6. The second-order valence-corrected chi connectivity index (χ2v) is 15.1. The van der Waals surface area contributed by atoms with E-state index in [4.69, 9.17) is 16.3 Å². The first-order chi connectivity index (χ1) is 22.9. The number of esters is 1. The van der Waals surface area contributed by atoms with E-state index in [9.17, 15) is 29.7 Å². The zero-order chi connectivity index (χ0) is 33.9. The molecule has 48 heavy (non-hydrogen) atoms. The molecule has 5 N–H and O–H groups in total. The zero-order valence-electron chi connectivity index (χ0n) is 27.0. The number of halogens is 1. The van der Waals surface area contributed by atoms with E-state index in [1.807, 2.05) is 0 Å². The highest BCUT2D eigenvalue weighted by Gasteiger charge is 2.71. The number of ether oxygens (including phenoxy) is 1. The number of carbonyl (C=O) groups is 3. The third kappa shape index (κ3) is 5.11. The van der Waals surface area contributed by atoms with Crippen LogP contribution in [-0.2, 0) is 9.53 Å². The number of benzene rings is 2. The van der Waals surface area contributed by atoms with Crippen molar-refractivity contribution in [3.63, 3.8) is 0 Å². The summed E-state index contributed by atoms with van der Waals surface area (Å²) >= 11 is 6.21. The summed E-state index contributed by atoms with van der Waals surface area (Å²) in [6.45, 7) is 2.41.